The van der Waals surface area contributed by atoms with Crippen molar-refractivity contribution >= 4 is 17.3 Å². The van der Waals surface area contributed by atoms with Gasteiger partial charge in [-0.2, -0.15) is 0 Å². The number of nitrogens with one attached hydrogen (secondary N) is 1. The van der Waals surface area contributed by atoms with Crippen molar-refractivity contribution in [3.8, 4) is 5.69 Å². The molecule has 4 heterocycles. The van der Waals surface area contributed by atoms with E-state index in [2.05, 4.69) is 25.8 Å². The number of pyridine rings is 1. The summed E-state index contributed by atoms with van der Waals surface area (Å²) in [6, 6.07) is 19.9. The van der Waals surface area contributed by atoms with Gasteiger partial charge >= 0.3 is 0 Å². The Bertz CT molecular complexity index is 1140. The Morgan fingerprint density at radius 1 is 1.03 bits per heavy atom. The number of hydrogen-bond donors (Lipinski definition) is 1. The number of halogens is 1. The van der Waals surface area contributed by atoms with Gasteiger partial charge in [-0.15, -0.1) is 0 Å². The molecule has 5 rings (SSSR count). The highest BCUT2D eigenvalue weighted by molar-refractivity contribution is 7.80. The van der Waals surface area contributed by atoms with Crippen molar-refractivity contribution < 1.29 is 8.81 Å². The van der Waals surface area contributed by atoms with E-state index in [0.29, 0.717) is 11.7 Å². The molecule has 0 bridgehead atoms. The molecule has 150 valence electrons. The van der Waals surface area contributed by atoms with Crippen LogP contribution in [-0.4, -0.2) is 19.6 Å². The minimum atomic E-state index is -0.262. The van der Waals surface area contributed by atoms with Gasteiger partial charge in [-0.05, 0) is 72.9 Å². The Balaban J connectivity index is 1.60. The molecule has 5 nitrogen and oxygen atoms in total. The van der Waals surface area contributed by atoms with E-state index < -0.39 is 0 Å². The summed E-state index contributed by atoms with van der Waals surface area (Å²) in [6.45, 7) is 0.529. The Morgan fingerprint density at radius 2 is 1.90 bits per heavy atom. The fraction of sp³-hybridized carbons (Fsp3) is 0.130. The first kappa shape index (κ1) is 18.6. The Morgan fingerprint density at radius 3 is 2.63 bits per heavy atom. The summed E-state index contributed by atoms with van der Waals surface area (Å²) < 4.78 is 21.1. The highest BCUT2D eigenvalue weighted by Crippen LogP contribution is 2.40. The molecule has 0 amide bonds. The third-order valence-electron chi connectivity index (χ3n) is 5.29. The molecule has 1 aliphatic rings. The first-order valence-electron chi connectivity index (χ1n) is 9.64. The van der Waals surface area contributed by atoms with E-state index in [1.165, 1.54) is 12.1 Å². The summed E-state index contributed by atoms with van der Waals surface area (Å²) >= 11 is 5.71. The summed E-state index contributed by atoms with van der Waals surface area (Å²) in [6.07, 6.45) is 5.42. The molecule has 4 aromatic rings. The normalized spacial score (nSPS) is 18.6. The zero-order valence-corrected chi connectivity index (χ0v) is 16.8. The fourth-order valence-corrected chi connectivity index (χ4v) is 4.24. The lowest BCUT2D eigenvalue weighted by molar-refractivity contribution is 0.280. The molecule has 1 saturated heterocycles. The van der Waals surface area contributed by atoms with E-state index >= 15 is 0 Å². The second-order valence-electron chi connectivity index (χ2n) is 7.11. The smallest absolute Gasteiger partial charge is 0.170 e. The van der Waals surface area contributed by atoms with Crippen molar-refractivity contribution in [3.63, 3.8) is 0 Å². The first-order chi connectivity index (χ1) is 14.7. The Hall–Kier alpha value is -3.45. The van der Waals surface area contributed by atoms with Gasteiger partial charge in [-0.1, -0.05) is 6.07 Å². The van der Waals surface area contributed by atoms with Crippen molar-refractivity contribution in [1.82, 2.24) is 19.8 Å². The van der Waals surface area contributed by atoms with Crippen molar-refractivity contribution in [2.24, 2.45) is 0 Å². The van der Waals surface area contributed by atoms with Crippen molar-refractivity contribution in [1.29, 1.82) is 0 Å². The van der Waals surface area contributed by atoms with Crippen LogP contribution in [-0.2, 0) is 6.54 Å². The van der Waals surface area contributed by atoms with Gasteiger partial charge in [0.25, 0.3) is 0 Å². The van der Waals surface area contributed by atoms with Crippen molar-refractivity contribution in [2.45, 2.75) is 18.6 Å². The molecule has 1 N–H and O–H groups in total. The van der Waals surface area contributed by atoms with Gasteiger partial charge < -0.3 is 19.2 Å². The molecule has 3 aromatic heterocycles. The second-order valence-corrected chi connectivity index (χ2v) is 7.50. The highest BCUT2D eigenvalue weighted by Gasteiger charge is 2.41. The monoisotopic (exact) mass is 418 g/mol. The van der Waals surface area contributed by atoms with E-state index in [-0.39, 0.29) is 17.9 Å². The minimum absolute atomic E-state index is 0.127. The maximum atomic E-state index is 13.5. The van der Waals surface area contributed by atoms with Gasteiger partial charge in [-0.3, -0.25) is 4.98 Å². The molecule has 0 spiro atoms. The SMILES string of the molecule is Fc1ccc(-n2cccc2[C@H]2[C@H](c3ccccn3)NC(=S)N2Cc2ccco2)cc1. The molecule has 0 unspecified atom stereocenters. The third kappa shape index (κ3) is 3.37. The van der Waals surface area contributed by atoms with Gasteiger partial charge in [0, 0.05) is 23.8 Å². The van der Waals surface area contributed by atoms with E-state index in [4.69, 9.17) is 16.6 Å². The number of furan rings is 1. The molecule has 0 radical (unpaired) electrons. The maximum Gasteiger partial charge on any atom is 0.170 e. The average molecular weight is 418 g/mol. The largest absolute Gasteiger partial charge is 0.467 e. The van der Waals surface area contributed by atoms with Gasteiger partial charge in [0.2, 0.25) is 0 Å². The van der Waals surface area contributed by atoms with E-state index in [0.717, 1.165) is 22.8 Å². The predicted molar refractivity (Wildman–Crippen MR) is 115 cm³/mol. The Labute approximate surface area is 178 Å². The van der Waals surface area contributed by atoms with Crippen LogP contribution in [0.15, 0.2) is 89.8 Å². The lowest BCUT2D eigenvalue weighted by Crippen LogP contribution is -2.29. The highest BCUT2D eigenvalue weighted by atomic mass is 32.1. The van der Waals surface area contributed by atoms with Gasteiger partial charge in [0.15, 0.2) is 5.11 Å². The lowest BCUT2D eigenvalue weighted by atomic mass is 10.0. The Kier molecular flexibility index (Phi) is 4.80. The first-order valence-corrected chi connectivity index (χ1v) is 10.1. The summed E-state index contributed by atoms with van der Waals surface area (Å²) in [5, 5.41) is 4.08. The number of hydrogen-bond acceptors (Lipinski definition) is 3. The molecule has 7 heteroatoms. The second kappa shape index (κ2) is 7.76. The summed E-state index contributed by atoms with van der Waals surface area (Å²) in [7, 11) is 0. The van der Waals surface area contributed by atoms with E-state index in [1.807, 2.05) is 42.6 Å². The van der Waals surface area contributed by atoms with Crippen LogP contribution in [0.1, 0.15) is 29.2 Å². The summed E-state index contributed by atoms with van der Waals surface area (Å²) in [5.74, 6) is 0.563. The molecule has 2 atom stereocenters. The van der Waals surface area contributed by atoms with Crippen LogP contribution in [0.3, 0.4) is 0 Å². The maximum absolute atomic E-state index is 13.5. The van der Waals surface area contributed by atoms with Crippen molar-refractivity contribution in [3.05, 3.63) is 108 Å². The molecule has 30 heavy (non-hydrogen) atoms. The number of aromatic nitrogens is 2. The van der Waals surface area contributed by atoms with Crippen LogP contribution in [0.5, 0.6) is 0 Å². The standard InChI is InChI=1S/C23H19FN4OS/c24-16-8-10-17(11-9-16)27-13-3-7-20(27)22-21(19-6-1-2-12-25-19)26-23(30)28(22)15-18-5-4-14-29-18/h1-14,21-22H,15H2,(H,26,30)/t21-,22-/m0/s1. The van der Waals surface area contributed by atoms with Gasteiger partial charge in [0.1, 0.15) is 11.6 Å². The summed E-state index contributed by atoms with van der Waals surface area (Å²) in [4.78, 5) is 6.68. The molecule has 1 fully saturated rings. The van der Waals surface area contributed by atoms with Crippen LogP contribution in [0.2, 0.25) is 0 Å². The number of nitrogens with zero attached hydrogens (tertiary/aromatic N) is 3. The lowest BCUT2D eigenvalue weighted by Gasteiger charge is -2.28. The van der Waals surface area contributed by atoms with Crippen LogP contribution in [0, 0.1) is 5.82 Å². The van der Waals surface area contributed by atoms with Crippen LogP contribution >= 0.6 is 12.2 Å². The molecule has 1 aliphatic heterocycles. The average Bonchev–Trinajstić information content (AvgIpc) is 3.51. The van der Waals surface area contributed by atoms with Crippen LogP contribution < -0.4 is 5.32 Å². The van der Waals surface area contributed by atoms with Crippen molar-refractivity contribution in [2.75, 3.05) is 0 Å². The third-order valence-corrected chi connectivity index (χ3v) is 5.64. The summed E-state index contributed by atoms with van der Waals surface area (Å²) in [5.41, 5.74) is 2.81. The zero-order valence-electron chi connectivity index (χ0n) is 16.0. The van der Waals surface area contributed by atoms with Gasteiger partial charge in [-0.25, -0.2) is 4.39 Å². The van der Waals surface area contributed by atoms with E-state index in [1.54, 1.807) is 24.6 Å². The molecular weight excluding hydrogens is 399 g/mol. The number of rotatable bonds is 5. The number of thiocarbonyl (C=S) groups is 1. The fourth-order valence-electron chi connectivity index (χ4n) is 3.94. The molecule has 1 aromatic carbocycles. The molecule has 0 saturated carbocycles. The topological polar surface area (TPSA) is 46.2 Å². The zero-order chi connectivity index (χ0) is 20.5. The minimum Gasteiger partial charge on any atom is -0.467 e. The van der Waals surface area contributed by atoms with Gasteiger partial charge in [0.05, 0.1) is 30.6 Å². The van der Waals surface area contributed by atoms with Crippen LogP contribution in [0.4, 0.5) is 4.39 Å². The molecule has 0 aliphatic carbocycles. The van der Waals surface area contributed by atoms with E-state index in [9.17, 15) is 4.39 Å². The number of benzene rings is 1. The predicted octanol–water partition coefficient (Wildman–Crippen LogP) is 4.78. The molecular formula is C23H19FN4OS. The quantitative estimate of drug-likeness (QED) is 0.473. The van der Waals surface area contributed by atoms with Crippen LogP contribution in [0.25, 0.3) is 5.69 Å².